The molecule has 0 aliphatic carbocycles. The van der Waals surface area contributed by atoms with Gasteiger partial charge in [0.1, 0.15) is 11.2 Å². The lowest BCUT2D eigenvalue weighted by Crippen LogP contribution is -1.96. The van der Waals surface area contributed by atoms with E-state index in [1.807, 2.05) is 24.3 Å². The third-order valence-corrected chi connectivity index (χ3v) is 10.1. The van der Waals surface area contributed by atoms with Gasteiger partial charge in [0.15, 0.2) is 5.82 Å². The van der Waals surface area contributed by atoms with Crippen molar-refractivity contribution in [2.24, 2.45) is 0 Å². The summed E-state index contributed by atoms with van der Waals surface area (Å²) in [6.45, 7) is 0. The molecule has 0 amide bonds. The minimum Gasteiger partial charge on any atom is -0.455 e. The van der Waals surface area contributed by atoms with Crippen molar-refractivity contribution >= 4 is 32.7 Å². The van der Waals surface area contributed by atoms with E-state index in [4.69, 9.17) is 14.4 Å². The zero-order chi connectivity index (χ0) is 35.1. The molecule has 0 bridgehead atoms. The van der Waals surface area contributed by atoms with Gasteiger partial charge < -0.3 is 4.42 Å². The normalized spacial score (nSPS) is 11.4. The average Bonchev–Trinajstić information content (AvgIpc) is 3.62. The van der Waals surface area contributed by atoms with E-state index >= 15 is 0 Å². The van der Waals surface area contributed by atoms with Crippen LogP contribution in [0.2, 0.25) is 0 Å². The van der Waals surface area contributed by atoms with Crippen LogP contribution in [0.15, 0.2) is 199 Å². The number of fused-ring (bicyclic) bond motifs is 5. The van der Waals surface area contributed by atoms with Gasteiger partial charge in [-0.2, -0.15) is 0 Å². The lowest BCUT2D eigenvalue weighted by atomic mass is 9.95. The maximum atomic E-state index is 6.64. The van der Waals surface area contributed by atoms with Crippen molar-refractivity contribution in [2.45, 2.75) is 0 Å². The number of hydrogen-bond acceptors (Lipinski definition) is 3. The fraction of sp³-hybridized carbons (Fsp3) is 0. The number of aromatic nitrogens is 2. The summed E-state index contributed by atoms with van der Waals surface area (Å²) in [6, 6.07) is 67.9. The van der Waals surface area contributed by atoms with Crippen LogP contribution in [0.3, 0.4) is 0 Å². The summed E-state index contributed by atoms with van der Waals surface area (Å²) in [6.07, 6.45) is 0. The van der Waals surface area contributed by atoms with Crippen molar-refractivity contribution in [3.8, 4) is 67.3 Å². The first kappa shape index (κ1) is 30.7. The van der Waals surface area contributed by atoms with Gasteiger partial charge >= 0.3 is 0 Å². The van der Waals surface area contributed by atoms with Gasteiger partial charge in [-0.15, -0.1) is 0 Å². The summed E-state index contributed by atoms with van der Waals surface area (Å²) in [5, 5.41) is 4.55. The number of nitrogens with zero attached hydrogens (tertiary/aromatic N) is 2. The first-order valence-corrected chi connectivity index (χ1v) is 17.9. The van der Waals surface area contributed by atoms with Crippen LogP contribution in [0.5, 0.6) is 0 Å². The van der Waals surface area contributed by atoms with Gasteiger partial charge in [-0.25, -0.2) is 9.97 Å². The maximum Gasteiger partial charge on any atom is 0.160 e. The van der Waals surface area contributed by atoms with Gasteiger partial charge in [0.2, 0.25) is 0 Å². The molecule has 8 aromatic carbocycles. The van der Waals surface area contributed by atoms with Crippen LogP contribution < -0.4 is 0 Å². The Labute approximate surface area is 307 Å². The summed E-state index contributed by atoms with van der Waals surface area (Å²) in [5.41, 5.74) is 13.6. The van der Waals surface area contributed by atoms with Crippen LogP contribution >= 0.6 is 0 Å². The first-order valence-electron chi connectivity index (χ1n) is 17.9. The van der Waals surface area contributed by atoms with Gasteiger partial charge in [0, 0.05) is 32.8 Å². The standard InChI is InChI=1S/C50H32N2O/c1-4-13-33(14-5-1)38-19-12-20-40(29-38)47-32-46(51-50(52-47)37-17-8-3-9-18-37)36-25-23-34(24-26-36)39-27-28-42-45-31-44(35-15-6-2-7-16-35)41-21-10-11-22-43(41)49(45)53-48(42)30-39/h1-32H. The number of hydrogen-bond donors (Lipinski definition) is 0. The lowest BCUT2D eigenvalue weighted by Gasteiger charge is -2.11. The maximum absolute atomic E-state index is 6.64. The van der Waals surface area contributed by atoms with Gasteiger partial charge in [-0.05, 0) is 69.1 Å². The molecule has 0 atom stereocenters. The molecule has 3 heteroatoms. The highest BCUT2D eigenvalue weighted by atomic mass is 16.3. The molecule has 0 unspecified atom stereocenters. The molecule has 0 aliphatic rings. The molecular weight excluding hydrogens is 645 g/mol. The van der Waals surface area contributed by atoms with Gasteiger partial charge in [0.25, 0.3) is 0 Å². The Balaban J connectivity index is 1.04. The van der Waals surface area contributed by atoms with Crippen LogP contribution in [0.4, 0.5) is 0 Å². The lowest BCUT2D eigenvalue weighted by molar-refractivity contribution is 0.673. The van der Waals surface area contributed by atoms with E-state index in [1.165, 1.54) is 22.1 Å². The van der Waals surface area contributed by atoms with E-state index in [1.54, 1.807) is 0 Å². The van der Waals surface area contributed by atoms with E-state index in [2.05, 4.69) is 170 Å². The third kappa shape index (κ3) is 5.65. The van der Waals surface area contributed by atoms with E-state index < -0.39 is 0 Å². The Morgan fingerprint density at radius 3 is 1.57 bits per heavy atom. The Kier molecular flexibility index (Phi) is 7.47. The zero-order valence-corrected chi connectivity index (χ0v) is 28.8. The van der Waals surface area contributed by atoms with Crippen LogP contribution in [0.1, 0.15) is 0 Å². The molecule has 0 aliphatic heterocycles. The Morgan fingerprint density at radius 2 is 0.830 bits per heavy atom. The number of rotatable bonds is 6. The van der Waals surface area contributed by atoms with Crippen molar-refractivity contribution in [2.75, 3.05) is 0 Å². The monoisotopic (exact) mass is 676 g/mol. The molecule has 2 aromatic heterocycles. The Bertz CT molecular complexity index is 2910. The molecule has 0 N–H and O–H groups in total. The van der Waals surface area contributed by atoms with E-state index in [9.17, 15) is 0 Å². The fourth-order valence-electron chi connectivity index (χ4n) is 7.42. The highest BCUT2D eigenvalue weighted by Crippen LogP contribution is 2.41. The Morgan fingerprint density at radius 1 is 0.302 bits per heavy atom. The molecule has 0 fully saturated rings. The highest BCUT2D eigenvalue weighted by molar-refractivity contribution is 6.19. The number of furan rings is 1. The quantitative estimate of drug-likeness (QED) is 0.176. The van der Waals surface area contributed by atoms with Gasteiger partial charge in [-0.3, -0.25) is 0 Å². The minimum absolute atomic E-state index is 0.700. The SMILES string of the molecule is c1ccc(-c2cccc(-c3cc(-c4ccc(-c5ccc6c(c5)oc5c7ccccc7c(-c7ccccc7)cc65)cc4)nc(-c4ccccc4)n3)c2)cc1. The largest absolute Gasteiger partial charge is 0.455 e. The first-order chi connectivity index (χ1) is 26.2. The van der Waals surface area contributed by atoms with Crippen molar-refractivity contribution in [3.05, 3.63) is 194 Å². The predicted molar refractivity (Wildman–Crippen MR) is 219 cm³/mol. The summed E-state index contributed by atoms with van der Waals surface area (Å²) in [5.74, 6) is 0.700. The van der Waals surface area contributed by atoms with Crippen LogP contribution in [0.25, 0.3) is 100.0 Å². The molecule has 0 radical (unpaired) electrons. The summed E-state index contributed by atoms with van der Waals surface area (Å²) in [7, 11) is 0. The van der Waals surface area contributed by atoms with Gasteiger partial charge in [-0.1, -0.05) is 164 Å². The van der Waals surface area contributed by atoms with Crippen molar-refractivity contribution in [3.63, 3.8) is 0 Å². The van der Waals surface area contributed by atoms with Crippen LogP contribution in [0, 0.1) is 0 Å². The summed E-state index contributed by atoms with van der Waals surface area (Å²) < 4.78 is 6.64. The topological polar surface area (TPSA) is 38.9 Å². The molecule has 10 rings (SSSR count). The molecule has 0 saturated heterocycles. The second-order valence-electron chi connectivity index (χ2n) is 13.4. The third-order valence-electron chi connectivity index (χ3n) is 10.1. The Hall–Kier alpha value is -7.10. The zero-order valence-electron chi connectivity index (χ0n) is 28.8. The molecule has 0 saturated carbocycles. The fourth-order valence-corrected chi connectivity index (χ4v) is 7.42. The second kappa shape index (κ2) is 12.9. The van der Waals surface area contributed by atoms with Crippen LogP contribution in [-0.2, 0) is 0 Å². The summed E-state index contributed by atoms with van der Waals surface area (Å²) >= 11 is 0. The van der Waals surface area contributed by atoms with Crippen molar-refractivity contribution in [1.29, 1.82) is 0 Å². The molecule has 0 spiro atoms. The molecule has 248 valence electrons. The van der Waals surface area contributed by atoms with E-state index in [-0.39, 0.29) is 0 Å². The number of benzene rings is 8. The predicted octanol–water partition coefficient (Wildman–Crippen LogP) is 13.5. The summed E-state index contributed by atoms with van der Waals surface area (Å²) in [4.78, 5) is 10.1. The smallest absolute Gasteiger partial charge is 0.160 e. The van der Waals surface area contributed by atoms with Crippen molar-refractivity contribution in [1.82, 2.24) is 9.97 Å². The molecular formula is C50H32N2O. The molecule has 2 heterocycles. The van der Waals surface area contributed by atoms with Crippen LogP contribution in [-0.4, -0.2) is 9.97 Å². The van der Waals surface area contributed by atoms with E-state index in [0.29, 0.717) is 5.82 Å². The second-order valence-corrected chi connectivity index (χ2v) is 13.4. The van der Waals surface area contributed by atoms with Gasteiger partial charge in [0.05, 0.1) is 11.4 Å². The van der Waals surface area contributed by atoms with Crippen molar-refractivity contribution < 1.29 is 4.42 Å². The average molecular weight is 677 g/mol. The van der Waals surface area contributed by atoms with E-state index in [0.717, 1.165) is 72.1 Å². The molecule has 3 nitrogen and oxygen atoms in total. The highest BCUT2D eigenvalue weighted by Gasteiger charge is 2.16. The minimum atomic E-state index is 0.700. The molecule has 10 aromatic rings. The molecule has 53 heavy (non-hydrogen) atoms.